The summed E-state index contributed by atoms with van der Waals surface area (Å²) in [6.45, 7) is 4.08. The van der Waals surface area contributed by atoms with Gasteiger partial charge in [0.1, 0.15) is 5.60 Å². The molecule has 1 heterocycles. The Labute approximate surface area is 158 Å². The Bertz CT molecular complexity index is 543. The van der Waals surface area contributed by atoms with Gasteiger partial charge in [-0.1, -0.05) is 62.9 Å². The molecule has 1 aliphatic carbocycles. The molecule has 2 fully saturated rings. The second kappa shape index (κ2) is 9.55. The van der Waals surface area contributed by atoms with E-state index in [0.717, 1.165) is 50.3 Å². The maximum atomic E-state index is 13.0. The molecule has 0 radical (unpaired) electrons. The topological polar surface area (TPSA) is 38.3 Å². The van der Waals surface area contributed by atoms with Crippen molar-refractivity contribution in [3.8, 4) is 0 Å². The van der Waals surface area contributed by atoms with Crippen molar-refractivity contribution < 1.29 is 9.53 Å². The Hall–Kier alpha value is -1.35. The molecule has 144 valence electrons. The molecule has 3 rings (SSSR count). The minimum Gasteiger partial charge on any atom is -0.454 e. The van der Waals surface area contributed by atoms with Crippen molar-refractivity contribution in [3.63, 3.8) is 0 Å². The average molecular weight is 358 g/mol. The summed E-state index contributed by atoms with van der Waals surface area (Å²) in [7, 11) is 0. The summed E-state index contributed by atoms with van der Waals surface area (Å²) in [5.41, 5.74) is 0.727. The van der Waals surface area contributed by atoms with Gasteiger partial charge in [0.25, 0.3) is 0 Å². The molecule has 26 heavy (non-hydrogen) atoms. The number of esters is 1. The van der Waals surface area contributed by atoms with Crippen LogP contribution in [0.1, 0.15) is 76.7 Å². The second-order valence-corrected chi connectivity index (χ2v) is 8.24. The quantitative estimate of drug-likeness (QED) is 0.539. The smallest absolute Gasteiger partial charge is 0.309 e. The van der Waals surface area contributed by atoms with Crippen LogP contribution in [0.25, 0.3) is 0 Å². The molecule has 2 aliphatic rings. The Morgan fingerprint density at radius 3 is 2.42 bits per heavy atom. The van der Waals surface area contributed by atoms with Gasteiger partial charge in [0.05, 0.1) is 5.92 Å². The lowest BCUT2D eigenvalue weighted by Crippen LogP contribution is -2.44. The molecule has 1 aromatic rings. The molecule has 0 amide bonds. The highest BCUT2D eigenvalue weighted by Gasteiger charge is 2.40. The Morgan fingerprint density at radius 1 is 1.08 bits per heavy atom. The van der Waals surface area contributed by atoms with Crippen LogP contribution in [0.3, 0.4) is 0 Å². The van der Waals surface area contributed by atoms with Crippen LogP contribution in [0, 0.1) is 11.8 Å². The number of piperidine rings is 1. The number of carbonyl (C=O) groups excluding carboxylic acids is 1. The predicted molar refractivity (Wildman–Crippen MR) is 106 cm³/mol. The summed E-state index contributed by atoms with van der Waals surface area (Å²) in [4.78, 5) is 13.0. The molecule has 1 saturated carbocycles. The van der Waals surface area contributed by atoms with Crippen molar-refractivity contribution in [1.29, 1.82) is 0 Å². The molecule has 0 aromatic heterocycles. The zero-order valence-corrected chi connectivity index (χ0v) is 16.3. The van der Waals surface area contributed by atoms with Crippen LogP contribution in [0.15, 0.2) is 30.3 Å². The summed E-state index contributed by atoms with van der Waals surface area (Å²) in [6, 6.07) is 10.4. The highest BCUT2D eigenvalue weighted by Crippen LogP contribution is 2.38. The number of hydrogen-bond donors (Lipinski definition) is 1. The van der Waals surface area contributed by atoms with Gasteiger partial charge in [0.2, 0.25) is 0 Å². The van der Waals surface area contributed by atoms with Crippen molar-refractivity contribution in [3.05, 3.63) is 35.9 Å². The first-order valence-electron chi connectivity index (χ1n) is 10.7. The standard InChI is InChI=1S/C23H35NO2/c1-2-3-5-8-19-11-13-20(14-12-19)22(25)26-23(15-17-24-18-16-23)21-9-6-4-7-10-21/h4,6-7,9-10,19-20,24H,2-3,5,8,11-18H2,1H3. The summed E-state index contributed by atoms with van der Waals surface area (Å²) >= 11 is 0. The summed E-state index contributed by atoms with van der Waals surface area (Å²) in [6.07, 6.45) is 11.5. The highest BCUT2D eigenvalue weighted by molar-refractivity contribution is 5.73. The van der Waals surface area contributed by atoms with Crippen LogP contribution in [0.5, 0.6) is 0 Å². The highest BCUT2D eigenvalue weighted by atomic mass is 16.6. The lowest BCUT2D eigenvalue weighted by Gasteiger charge is -2.39. The zero-order valence-electron chi connectivity index (χ0n) is 16.3. The van der Waals surface area contributed by atoms with Gasteiger partial charge in [-0.25, -0.2) is 0 Å². The van der Waals surface area contributed by atoms with E-state index in [2.05, 4.69) is 36.5 Å². The normalized spacial score (nSPS) is 25.6. The molecule has 0 bridgehead atoms. The van der Waals surface area contributed by atoms with Crippen LogP contribution in [-0.4, -0.2) is 19.1 Å². The molecule has 1 saturated heterocycles. The van der Waals surface area contributed by atoms with Crippen LogP contribution >= 0.6 is 0 Å². The molecule has 1 aliphatic heterocycles. The van der Waals surface area contributed by atoms with Gasteiger partial charge >= 0.3 is 5.97 Å². The molecule has 0 unspecified atom stereocenters. The zero-order chi connectivity index (χ0) is 18.2. The van der Waals surface area contributed by atoms with Gasteiger partial charge < -0.3 is 10.1 Å². The predicted octanol–water partition coefficient (Wildman–Crippen LogP) is 5.20. The number of hydrogen-bond acceptors (Lipinski definition) is 3. The van der Waals surface area contributed by atoms with E-state index < -0.39 is 5.60 Å². The summed E-state index contributed by atoms with van der Waals surface area (Å²) in [5.74, 6) is 0.975. The fraction of sp³-hybridized carbons (Fsp3) is 0.696. The number of nitrogens with one attached hydrogen (secondary N) is 1. The number of benzene rings is 1. The maximum absolute atomic E-state index is 13.0. The molecule has 1 aromatic carbocycles. The van der Waals surface area contributed by atoms with Crippen LogP contribution in [0.4, 0.5) is 0 Å². The van der Waals surface area contributed by atoms with E-state index in [1.807, 2.05) is 6.07 Å². The molecular weight excluding hydrogens is 322 g/mol. The number of rotatable bonds is 7. The van der Waals surface area contributed by atoms with E-state index in [4.69, 9.17) is 4.74 Å². The number of ether oxygens (including phenoxy) is 1. The maximum Gasteiger partial charge on any atom is 0.309 e. The van der Waals surface area contributed by atoms with E-state index >= 15 is 0 Å². The monoisotopic (exact) mass is 357 g/mol. The number of carbonyl (C=O) groups is 1. The van der Waals surface area contributed by atoms with Crippen molar-refractivity contribution in [2.24, 2.45) is 11.8 Å². The van der Waals surface area contributed by atoms with Crippen molar-refractivity contribution in [1.82, 2.24) is 5.32 Å². The van der Waals surface area contributed by atoms with E-state index in [-0.39, 0.29) is 11.9 Å². The van der Waals surface area contributed by atoms with Gasteiger partial charge in [-0.05, 0) is 50.3 Å². The van der Waals surface area contributed by atoms with E-state index in [1.54, 1.807) is 0 Å². The van der Waals surface area contributed by atoms with Gasteiger partial charge in [0, 0.05) is 12.8 Å². The van der Waals surface area contributed by atoms with Crippen molar-refractivity contribution in [2.45, 2.75) is 76.7 Å². The van der Waals surface area contributed by atoms with Crippen LogP contribution in [-0.2, 0) is 15.1 Å². The third-order valence-electron chi connectivity index (χ3n) is 6.40. The molecule has 3 heteroatoms. The third-order valence-corrected chi connectivity index (χ3v) is 6.40. The Balaban J connectivity index is 1.57. The lowest BCUT2D eigenvalue weighted by atomic mass is 9.79. The van der Waals surface area contributed by atoms with E-state index in [1.165, 1.54) is 38.5 Å². The first-order valence-corrected chi connectivity index (χ1v) is 10.7. The van der Waals surface area contributed by atoms with Gasteiger partial charge in [-0.15, -0.1) is 0 Å². The van der Waals surface area contributed by atoms with Gasteiger partial charge in [0.15, 0.2) is 0 Å². The molecule has 1 N–H and O–H groups in total. The first-order chi connectivity index (χ1) is 12.7. The van der Waals surface area contributed by atoms with E-state index in [9.17, 15) is 4.79 Å². The fourth-order valence-corrected chi connectivity index (χ4v) is 4.67. The fourth-order valence-electron chi connectivity index (χ4n) is 4.67. The molecule has 3 nitrogen and oxygen atoms in total. The third kappa shape index (κ3) is 4.88. The summed E-state index contributed by atoms with van der Waals surface area (Å²) in [5, 5.41) is 3.40. The first kappa shape index (κ1) is 19.4. The Kier molecular flexibility index (Phi) is 7.13. The SMILES string of the molecule is CCCCCC1CCC(C(=O)OC2(c3ccccc3)CCNCC2)CC1. The molecule has 0 spiro atoms. The summed E-state index contributed by atoms with van der Waals surface area (Å²) < 4.78 is 6.26. The molecular formula is C23H35NO2. The molecule has 0 atom stereocenters. The van der Waals surface area contributed by atoms with E-state index in [0.29, 0.717) is 0 Å². The number of unbranched alkanes of at least 4 members (excludes halogenated alkanes) is 2. The Morgan fingerprint density at radius 2 is 1.77 bits per heavy atom. The average Bonchev–Trinajstić information content (AvgIpc) is 2.70. The van der Waals surface area contributed by atoms with Crippen molar-refractivity contribution >= 4 is 5.97 Å². The van der Waals surface area contributed by atoms with Crippen LogP contribution in [0.2, 0.25) is 0 Å². The minimum atomic E-state index is -0.429. The minimum absolute atomic E-state index is 0.0442. The second-order valence-electron chi connectivity index (χ2n) is 8.24. The lowest BCUT2D eigenvalue weighted by molar-refractivity contribution is -0.171. The van der Waals surface area contributed by atoms with Gasteiger partial charge in [-0.3, -0.25) is 4.79 Å². The van der Waals surface area contributed by atoms with Gasteiger partial charge in [-0.2, -0.15) is 0 Å². The van der Waals surface area contributed by atoms with Crippen LogP contribution < -0.4 is 5.32 Å². The van der Waals surface area contributed by atoms with Crippen molar-refractivity contribution in [2.75, 3.05) is 13.1 Å². The largest absolute Gasteiger partial charge is 0.454 e.